The van der Waals surface area contributed by atoms with E-state index in [2.05, 4.69) is 22.5 Å². The molecule has 144 valence electrons. The van der Waals surface area contributed by atoms with Crippen molar-refractivity contribution in [1.29, 1.82) is 0 Å². The van der Waals surface area contributed by atoms with Crippen molar-refractivity contribution in [1.82, 2.24) is 15.1 Å². The van der Waals surface area contributed by atoms with E-state index in [1.807, 2.05) is 53.6 Å². The van der Waals surface area contributed by atoms with Gasteiger partial charge < -0.3 is 10.1 Å². The third kappa shape index (κ3) is 4.46. The van der Waals surface area contributed by atoms with E-state index in [0.29, 0.717) is 4.58 Å². The van der Waals surface area contributed by atoms with E-state index in [1.165, 1.54) is 29.2 Å². The van der Waals surface area contributed by atoms with Crippen molar-refractivity contribution in [2.45, 2.75) is 36.3 Å². The molecule has 1 amide bonds. The lowest BCUT2D eigenvalue weighted by Gasteiger charge is -2.24. The van der Waals surface area contributed by atoms with Crippen LogP contribution in [0.3, 0.4) is 0 Å². The third-order valence-electron chi connectivity index (χ3n) is 5.06. The van der Waals surface area contributed by atoms with Crippen molar-refractivity contribution in [3.8, 4) is 5.75 Å². The minimum atomic E-state index is -0.0841. The Morgan fingerprint density at radius 1 is 1.26 bits per heavy atom. The summed E-state index contributed by atoms with van der Waals surface area (Å²) in [4.78, 5) is 12.3. The molecular weight excluding hydrogens is 378 g/mol. The minimum absolute atomic E-state index is 0.0401. The summed E-state index contributed by atoms with van der Waals surface area (Å²) in [5.41, 5.74) is 3.69. The summed E-state index contributed by atoms with van der Waals surface area (Å²) >= 11 is 4.01. The van der Waals surface area contributed by atoms with E-state index in [0.717, 1.165) is 30.6 Å². The van der Waals surface area contributed by atoms with Gasteiger partial charge in [-0.15, -0.1) is 23.5 Å². The molecular formula is C20H25N3O2S2. The van der Waals surface area contributed by atoms with E-state index in [4.69, 9.17) is 4.74 Å². The van der Waals surface area contributed by atoms with Gasteiger partial charge in [0.15, 0.2) is 6.61 Å². The zero-order valence-corrected chi connectivity index (χ0v) is 17.2. The predicted molar refractivity (Wildman–Crippen MR) is 111 cm³/mol. The number of nitrogens with one attached hydrogen (secondary N) is 1. The summed E-state index contributed by atoms with van der Waals surface area (Å²) in [5.74, 6) is 3.12. The first-order chi connectivity index (χ1) is 13.2. The first kappa shape index (κ1) is 18.7. The number of nitrogens with zero attached hydrogens (tertiary/aromatic N) is 2. The molecule has 1 N–H and O–H groups in total. The molecule has 1 saturated heterocycles. The number of amides is 1. The molecule has 27 heavy (non-hydrogen) atoms. The van der Waals surface area contributed by atoms with Gasteiger partial charge in [0.25, 0.3) is 5.91 Å². The number of rotatable bonds is 5. The zero-order chi connectivity index (χ0) is 18.6. The fraction of sp³-hybridized carbons (Fsp3) is 0.500. The Balaban J connectivity index is 1.29. The van der Waals surface area contributed by atoms with E-state index >= 15 is 0 Å². The number of aromatic nitrogens is 2. The van der Waals surface area contributed by atoms with Crippen LogP contribution in [0.1, 0.15) is 46.7 Å². The molecule has 1 aliphatic heterocycles. The van der Waals surface area contributed by atoms with Crippen LogP contribution in [0.5, 0.6) is 5.75 Å². The van der Waals surface area contributed by atoms with Crippen molar-refractivity contribution in [2.24, 2.45) is 7.05 Å². The Morgan fingerprint density at radius 3 is 2.81 bits per heavy atom. The van der Waals surface area contributed by atoms with Gasteiger partial charge in [-0.3, -0.25) is 9.48 Å². The molecule has 7 heteroatoms. The van der Waals surface area contributed by atoms with Crippen molar-refractivity contribution in [3.63, 3.8) is 0 Å². The summed E-state index contributed by atoms with van der Waals surface area (Å²) in [7, 11) is 1.96. The highest BCUT2D eigenvalue weighted by atomic mass is 32.2. The molecule has 1 atom stereocenters. The van der Waals surface area contributed by atoms with Crippen LogP contribution < -0.4 is 10.1 Å². The maximum Gasteiger partial charge on any atom is 0.258 e. The number of benzene rings is 1. The van der Waals surface area contributed by atoms with Crippen LogP contribution in [0.2, 0.25) is 0 Å². The molecule has 1 fully saturated rings. The van der Waals surface area contributed by atoms with Crippen LogP contribution in [0, 0.1) is 0 Å². The smallest absolute Gasteiger partial charge is 0.258 e. The van der Waals surface area contributed by atoms with Crippen LogP contribution in [-0.4, -0.2) is 33.8 Å². The summed E-state index contributed by atoms with van der Waals surface area (Å²) in [6.07, 6.45) is 6.22. The largest absolute Gasteiger partial charge is 0.484 e. The topological polar surface area (TPSA) is 56.2 Å². The van der Waals surface area contributed by atoms with Crippen LogP contribution in [0.4, 0.5) is 0 Å². The number of hydrogen-bond donors (Lipinski definition) is 1. The highest BCUT2D eigenvalue weighted by Crippen LogP contribution is 2.43. The lowest BCUT2D eigenvalue weighted by molar-refractivity contribution is -0.123. The lowest BCUT2D eigenvalue weighted by atomic mass is 9.93. The van der Waals surface area contributed by atoms with Gasteiger partial charge in [-0.1, -0.05) is 12.1 Å². The summed E-state index contributed by atoms with van der Waals surface area (Å²) < 4.78 is 8.13. The minimum Gasteiger partial charge on any atom is -0.484 e. The lowest BCUT2D eigenvalue weighted by Crippen LogP contribution is -2.34. The number of carbonyl (C=O) groups excluding carboxylic acids is 1. The van der Waals surface area contributed by atoms with Gasteiger partial charge >= 0.3 is 0 Å². The number of fused-ring (bicyclic) bond motifs is 1. The number of ether oxygens (including phenoxy) is 1. The average Bonchev–Trinajstić information content (AvgIpc) is 3.10. The number of thioether (sulfide) groups is 2. The second kappa shape index (κ2) is 8.61. The van der Waals surface area contributed by atoms with Gasteiger partial charge in [0.05, 0.1) is 16.8 Å². The molecule has 1 aliphatic carbocycles. The molecule has 0 unspecified atom stereocenters. The Bertz CT molecular complexity index is 785. The highest BCUT2D eigenvalue weighted by molar-refractivity contribution is 8.16. The first-order valence-electron chi connectivity index (χ1n) is 9.47. The molecule has 1 aromatic carbocycles. The van der Waals surface area contributed by atoms with Crippen LogP contribution >= 0.6 is 23.5 Å². The molecule has 0 bridgehead atoms. The number of hydrogen-bond acceptors (Lipinski definition) is 5. The number of carbonyl (C=O) groups is 1. The monoisotopic (exact) mass is 403 g/mol. The zero-order valence-electron chi connectivity index (χ0n) is 15.5. The SMILES string of the molecule is Cn1ncc2c1CCC[C@H]2NC(=O)COc1ccc(C2SCCCS2)cc1. The molecule has 4 rings (SSSR count). The number of aryl methyl sites for hydroxylation is 1. The standard InChI is InChI=1S/C20H25N3O2S2/c1-23-18-5-2-4-17(16(18)12-21-23)22-19(24)13-25-15-8-6-14(7-9-15)20-26-10-3-11-27-20/h6-9,12,17,20H,2-5,10-11,13H2,1H3,(H,22,24)/t17-/m1/s1. The summed E-state index contributed by atoms with van der Waals surface area (Å²) in [5, 5.41) is 7.42. The van der Waals surface area contributed by atoms with Gasteiger partial charge in [-0.05, 0) is 54.9 Å². The Hall–Kier alpha value is -1.60. The summed E-state index contributed by atoms with van der Waals surface area (Å²) in [6, 6.07) is 8.22. The van der Waals surface area contributed by atoms with Crippen LogP contribution in [-0.2, 0) is 18.3 Å². The molecule has 0 spiro atoms. The molecule has 2 aliphatic rings. The van der Waals surface area contributed by atoms with Gasteiger partial charge in [0.1, 0.15) is 5.75 Å². The normalized spacial score (nSPS) is 20.1. The highest BCUT2D eigenvalue weighted by Gasteiger charge is 2.24. The van der Waals surface area contributed by atoms with Crippen molar-refractivity contribution < 1.29 is 9.53 Å². The second-order valence-electron chi connectivity index (χ2n) is 6.97. The van der Waals surface area contributed by atoms with Gasteiger partial charge in [0.2, 0.25) is 0 Å². The van der Waals surface area contributed by atoms with E-state index in [1.54, 1.807) is 0 Å². The van der Waals surface area contributed by atoms with Crippen LogP contribution in [0.15, 0.2) is 30.5 Å². The molecule has 1 aromatic heterocycles. The predicted octanol–water partition coefficient (Wildman–Crippen LogP) is 3.86. The van der Waals surface area contributed by atoms with Crippen LogP contribution in [0.25, 0.3) is 0 Å². The first-order valence-corrected chi connectivity index (χ1v) is 11.6. The fourth-order valence-electron chi connectivity index (χ4n) is 3.64. The molecule has 2 heterocycles. The molecule has 0 saturated carbocycles. The maximum absolute atomic E-state index is 12.3. The van der Waals surface area contributed by atoms with E-state index in [-0.39, 0.29) is 18.6 Å². The van der Waals surface area contributed by atoms with Gasteiger partial charge in [-0.25, -0.2) is 0 Å². The Kier molecular flexibility index (Phi) is 5.98. The Labute approximate surface area is 168 Å². The quantitative estimate of drug-likeness (QED) is 0.822. The summed E-state index contributed by atoms with van der Waals surface area (Å²) in [6.45, 7) is 0.0401. The second-order valence-corrected chi connectivity index (χ2v) is 9.69. The molecule has 0 radical (unpaired) electrons. The van der Waals surface area contributed by atoms with Gasteiger partial charge in [0, 0.05) is 18.3 Å². The molecule has 2 aromatic rings. The molecule has 5 nitrogen and oxygen atoms in total. The third-order valence-corrected chi connectivity index (χ3v) is 8.08. The van der Waals surface area contributed by atoms with Crippen molar-refractivity contribution in [2.75, 3.05) is 18.1 Å². The maximum atomic E-state index is 12.3. The Morgan fingerprint density at radius 2 is 2.04 bits per heavy atom. The fourth-order valence-corrected chi connectivity index (χ4v) is 6.54. The van der Waals surface area contributed by atoms with Gasteiger partial charge in [-0.2, -0.15) is 5.10 Å². The van der Waals surface area contributed by atoms with E-state index in [9.17, 15) is 4.79 Å². The van der Waals surface area contributed by atoms with Crippen molar-refractivity contribution in [3.05, 3.63) is 47.3 Å². The van der Waals surface area contributed by atoms with Crippen molar-refractivity contribution >= 4 is 29.4 Å². The average molecular weight is 404 g/mol. The van der Waals surface area contributed by atoms with E-state index < -0.39 is 0 Å².